The summed E-state index contributed by atoms with van der Waals surface area (Å²) in [6, 6.07) is 8.63. The summed E-state index contributed by atoms with van der Waals surface area (Å²) in [4.78, 5) is 0. The van der Waals surface area contributed by atoms with Crippen LogP contribution in [-0.4, -0.2) is 18.8 Å². The lowest BCUT2D eigenvalue weighted by molar-refractivity contribution is 0.0130. The van der Waals surface area contributed by atoms with Gasteiger partial charge in [-0.05, 0) is 37.5 Å². The molecule has 3 N–H and O–H groups in total. The fourth-order valence-electron chi connectivity index (χ4n) is 2.08. The molecule has 5 heteroatoms. The van der Waals surface area contributed by atoms with Crippen LogP contribution in [0.15, 0.2) is 24.3 Å². The number of anilines is 1. The van der Waals surface area contributed by atoms with Gasteiger partial charge in [-0.1, -0.05) is 12.1 Å². The molecule has 0 aromatic heterocycles. The third-order valence-corrected chi connectivity index (χ3v) is 3.06. The van der Waals surface area contributed by atoms with Gasteiger partial charge in [-0.25, -0.2) is 0 Å². The van der Waals surface area contributed by atoms with Crippen LogP contribution in [-0.2, 0) is 11.3 Å². The van der Waals surface area contributed by atoms with Crippen LogP contribution in [0.2, 0.25) is 0 Å². The van der Waals surface area contributed by atoms with E-state index in [1.807, 2.05) is 12.1 Å². The summed E-state index contributed by atoms with van der Waals surface area (Å²) in [5.41, 5.74) is 7.76. The zero-order valence-electron chi connectivity index (χ0n) is 10.6. The second-order valence-electron chi connectivity index (χ2n) is 4.53. The maximum atomic E-state index is 5.65. The highest BCUT2D eigenvalue weighted by Crippen LogP contribution is 2.14. The van der Waals surface area contributed by atoms with Crippen molar-refractivity contribution in [2.45, 2.75) is 38.5 Å². The fraction of sp³-hybridized carbons (Fsp3) is 0.538. The SMILES string of the molecule is CC1CC(NCc2ccc(N)cc2)CCO1.Cl.Cl. The van der Waals surface area contributed by atoms with E-state index in [9.17, 15) is 0 Å². The van der Waals surface area contributed by atoms with Gasteiger partial charge in [0.25, 0.3) is 0 Å². The predicted molar refractivity (Wildman–Crippen MR) is 80.6 cm³/mol. The number of halogens is 2. The maximum Gasteiger partial charge on any atom is 0.0561 e. The minimum absolute atomic E-state index is 0. The molecule has 18 heavy (non-hydrogen) atoms. The highest BCUT2D eigenvalue weighted by atomic mass is 35.5. The summed E-state index contributed by atoms with van der Waals surface area (Å²) in [5, 5.41) is 3.57. The summed E-state index contributed by atoms with van der Waals surface area (Å²) in [6.07, 6.45) is 2.60. The lowest BCUT2D eigenvalue weighted by atomic mass is 10.0. The maximum absolute atomic E-state index is 5.65. The van der Waals surface area contributed by atoms with Crippen molar-refractivity contribution in [1.29, 1.82) is 0 Å². The molecule has 1 aliphatic heterocycles. The van der Waals surface area contributed by atoms with E-state index in [1.54, 1.807) is 0 Å². The summed E-state index contributed by atoms with van der Waals surface area (Å²) in [7, 11) is 0. The Kier molecular flexibility index (Phi) is 8.36. The Labute approximate surface area is 121 Å². The Morgan fingerprint density at radius 2 is 1.94 bits per heavy atom. The molecule has 0 spiro atoms. The zero-order chi connectivity index (χ0) is 11.4. The summed E-state index contributed by atoms with van der Waals surface area (Å²) >= 11 is 0. The predicted octanol–water partition coefficient (Wildman–Crippen LogP) is 2.77. The van der Waals surface area contributed by atoms with Crippen LogP contribution < -0.4 is 11.1 Å². The van der Waals surface area contributed by atoms with Crippen molar-refractivity contribution >= 4 is 30.5 Å². The first-order valence-corrected chi connectivity index (χ1v) is 5.93. The molecular weight excluding hydrogens is 271 g/mol. The smallest absolute Gasteiger partial charge is 0.0561 e. The van der Waals surface area contributed by atoms with Crippen LogP contribution in [0.25, 0.3) is 0 Å². The van der Waals surface area contributed by atoms with E-state index in [4.69, 9.17) is 10.5 Å². The van der Waals surface area contributed by atoms with Crippen LogP contribution >= 0.6 is 24.8 Å². The normalized spacial score (nSPS) is 22.7. The number of hydrogen-bond donors (Lipinski definition) is 2. The van der Waals surface area contributed by atoms with E-state index >= 15 is 0 Å². The van der Waals surface area contributed by atoms with Gasteiger partial charge in [0.05, 0.1) is 6.10 Å². The molecule has 0 radical (unpaired) electrons. The molecule has 0 bridgehead atoms. The Bertz CT molecular complexity index is 332. The van der Waals surface area contributed by atoms with E-state index in [0.29, 0.717) is 12.1 Å². The van der Waals surface area contributed by atoms with Gasteiger partial charge in [-0.3, -0.25) is 0 Å². The molecule has 0 saturated carbocycles. The van der Waals surface area contributed by atoms with Crippen LogP contribution in [0.5, 0.6) is 0 Å². The molecule has 1 saturated heterocycles. The summed E-state index contributed by atoms with van der Waals surface area (Å²) in [5.74, 6) is 0. The number of ether oxygens (including phenoxy) is 1. The second kappa shape index (κ2) is 8.59. The van der Waals surface area contributed by atoms with Gasteiger partial charge in [0.2, 0.25) is 0 Å². The minimum Gasteiger partial charge on any atom is -0.399 e. The first-order valence-electron chi connectivity index (χ1n) is 5.93. The van der Waals surface area contributed by atoms with Gasteiger partial charge < -0.3 is 15.8 Å². The Hall–Kier alpha value is -0.480. The van der Waals surface area contributed by atoms with Gasteiger partial charge in [0.15, 0.2) is 0 Å². The van der Waals surface area contributed by atoms with E-state index in [0.717, 1.165) is 31.7 Å². The van der Waals surface area contributed by atoms with E-state index in [2.05, 4.69) is 24.4 Å². The third kappa shape index (κ3) is 5.44. The Morgan fingerprint density at radius 1 is 1.28 bits per heavy atom. The van der Waals surface area contributed by atoms with E-state index < -0.39 is 0 Å². The van der Waals surface area contributed by atoms with E-state index in [-0.39, 0.29) is 24.8 Å². The fourth-order valence-corrected chi connectivity index (χ4v) is 2.08. The van der Waals surface area contributed by atoms with Crippen LogP contribution in [0.3, 0.4) is 0 Å². The number of nitrogen functional groups attached to an aromatic ring is 1. The number of nitrogens with two attached hydrogens (primary N) is 1. The van der Waals surface area contributed by atoms with Crippen LogP contribution in [0, 0.1) is 0 Å². The number of benzene rings is 1. The van der Waals surface area contributed by atoms with Crippen molar-refractivity contribution in [1.82, 2.24) is 5.32 Å². The number of hydrogen-bond acceptors (Lipinski definition) is 3. The highest BCUT2D eigenvalue weighted by molar-refractivity contribution is 5.85. The first kappa shape index (κ1) is 17.5. The minimum atomic E-state index is 0. The van der Waals surface area contributed by atoms with Crippen molar-refractivity contribution in [3.63, 3.8) is 0 Å². The first-order chi connectivity index (χ1) is 7.74. The van der Waals surface area contributed by atoms with Gasteiger partial charge in [-0.15, -0.1) is 24.8 Å². The molecule has 1 aliphatic rings. The second-order valence-corrected chi connectivity index (χ2v) is 4.53. The van der Waals surface area contributed by atoms with Crippen molar-refractivity contribution in [3.8, 4) is 0 Å². The average Bonchev–Trinajstić information content (AvgIpc) is 2.28. The van der Waals surface area contributed by atoms with Crippen molar-refractivity contribution in [3.05, 3.63) is 29.8 Å². The molecule has 1 heterocycles. The molecule has 1 aromatic carbocycles. The lowest BCUT2D eigenvalue weighted by Crippen LogP contribution is -2.37. The molecule has 1 aromatic rings. The molecule has 3 nitrogen and oxygen atoms in total. The summed E-state index contributed by atoms with van der Waals surface area (Å²) < 4.78 is 5.52. The van der Waals surface area contributed by atoms with Gasteiger partial charge in [0.1, 0.15) is 0 Å². The molecule has 1 fully saturated rings. The lowest BCUT2D eigenvalue weighted by Gasteiger charge is -2.28. The number of nitrogens with one attached hydrogen (secondary N) is 1. The largest absolute Gasteiger partial charge is 0.399 e. The van der Waals surface area contributed by atoms with Gasteiger partial charge in [0, 0.05) is 24.9 Å². The molecule has 2 atom stereocenters. The Morgan fingerprint density at radius 3 is 2.56 bits per heavy atom. The van der Waals surface area contributed by atoms with Crippen molar-refractivity contribution < 1.29 is 4.74 Å². The quantitative estimate of drug-likeness (QED) is 0.842. The standard InChI is InChI=1S/C13H20N2O.2ClH/c1-10-8-13(6-7-16-10)15-9-11-2-4-12(14)5-3-11;;/h2-5,10,13,15H,6-9,14H2,1H3;2*1H. The topological polar surface area (TPSA) is 47.3 Å². The summed E-state index contributed by atoms with van der Waals surface area (Å²) in [6.45, 7) is 3.93. The monoisotopic (exact) mass is 292 g/mol. The Balaban J connectivity index is 0.00000144. The third-order valence-electron chi connectivity index (χ3n) is 3.06. The van der Waals surface area contributed by atoms with Crippen LogP contribution in [0.1, 0.15) is 25.3 Å². The molecule has 104 valence electrons. The molecule has 2 unspecified atom stereocenters. The highest BCUT2D eigenvalue weighted by Gasteiger charge is 2.18. The average molecular weight is 293 g/mol. The van der Waals surface area contributed by atoms with Gasteiger partial charge >= 0.3 is 0 Å². The van der Waals surface area contributed by atoms with Crippen molar-refractivity contribution in [2.75, 3.05) is 12.3 Å². The van der Waals surface area contributed by atoms with E-state index in [1.165, 1.54) is 5.56 Å². The molecular formula is C13H22Cl2N2O. The molecule has 2 rings (SSSR count). The zero-order valence-corrected chi connectivity index (χ0v) is 12.2. The van der Waals surface area contributed by atoms with Crippen LogP contribution in [0.4, 0.5) is 5.69 Å². The van der Waals surface area contributed by atoms with Gasteiger partial charge in [-0.2, -0.15) is 0 Å². The van der Waals surface area contributed by atoms with Crippen molar-refractivity contribution in [2.24, 2.45) is 0 Å². The number of rotatable bonds is 3. The molecule has 0 aliphatic carbocycles. The molecule has 0 amide bonds.